The molecule has 2 rings (SSSR count). The van der Waals surface area contributed by atoms with Gasteiger partial charge < -0.3 is 0 Å². The third-order valence-electron chi connectivity index (χ3n) is 1.82. The largest absolute Gasteiger partial charge is 0.294 e. The minimum absolute atomic E-state index is 0.306. The second-order valence-electron chi connectivity index (χ2n) is 2.62. The Balaban J connectivity index is 2.42. The summed E-state index contributed by atoms with van der Waals surface area (Å²) < 4.78 is 0. The number of thioether (sulfide) groups is 1. The van der Waals surface area contributed by atoms with Crippen LogP contribution in [0.3, 0.4) is 0 Å². The van der Waals surface area contributed by atoms with E-state index in [2.05, 4.69) is 9.97 Å². The summed E-state index contributed by atoms with van der Waals surface area (Å²) in [5, 5.41) is 0. The topological polar surface area (TPSA) is 42.9 Å². The van der Waals surface area contributed by atoms with Crippen molar-refractivity contribution < 1.29 is 4.79 Å². The van der Waals surface area contributed by atoms with E-state index in [0.717, 1.165) is 23.6 Å². The number of rotatable bonds is 1. The van der Waals surface area contributed by atoms with Crippen LogP contribution in [0.15, 0.2) is 6.20 Å². The van der Waals surface area contributed by atoms with Crippen molar-refractivity contribution in [3.05, 3.63) is 23.3 Å². The first-order valence-corrected chi connectivity index (χ1v) is 4.93. The molecule has 1 aliphatic heterocycles. The minimum Gasteiger partial charge on any atom is -0.294 e. The molecule has 0 saturated heterocycles. The van der Waals surface area contributed by atoms with Gasteiger partial charge in [-0.25, -0.2) is 9.97 Å². The molecule has 0 radical (unpaired) electrons. The summed E-state index contributed by atoms with van der Waals surface area (Å²) in [5.74, 6) is 2.39. The predicted molar refractivity (Wildman–Crippen MR) is 47.3 cm³/mol. The Labute approximate surface area is 74.6 Å². The second kappa shape index (κ2) is 3.23. The third kappa shape index (κ3) is 1.34. The van der Waals surface area contributed by atoms with Crippen molar-refractivity contribution in [1.82, 2.24) is 9.97 Å². The van der Waals surface area contributed by atoms with Crippen LogP contribution in [0.5, 0.6) is 0 Å². The number of aldehydes is 1. The van der Waals surface area contributed by atoms with Crippen LogP contribution in [-0.2, 0) is 12.2 Å². The zero-order chi connectivity index (χ0) is 8.39. The normalized spacial score (nSPS) is 15.3. The van der Waals surface area contributed by atoms with Gasteiger partial charge in [0.2, 0.25) is 0 Å². The van der Waals surface area contributed by atoms with Gasteiger partial charge in [0.05, 0.1) is 0 Å². The molecule has 1 aromatic heterocycles. The zero-order valence-corrected chi connectivity index (χ0v) is 7.30. The summed E-state index contributed by atoms with van der Waals surface area (Å²) in [6.45, 7) is 0. The summed E-state index contributed by atoms with van der Waals surface area (Å²) in [6.07, 6.45) is 3.42. The second-order valence-corrected chi connectivity index (χ2v) is 3.73. The SMILES string of the molecule is O=Cc1ncc2c(n1)CCSC2. The fraction of sp³-hybridized carbons (Fsp3) is 0.375. The van der Waals surface area contributed by atoms with Crippen LogP contribution in [0.4, 0.5) is 0 Å². The predicted octanol–water partition coefficient (Wildman–Crippen LogP) is 1.08. The molecule has 12 heavy (non-hydrogen) atoms. The van der Waals surface area contributed by atoms with Crippen LogP contribution in [-0.4, -0.2) is 22.0 Å². The Bertz CT molecular complexity index is 314. The van der Waals surface area contributed by atoms with E-state index in [1.54, 1.807) is 6.20 Å². The van der Waals surface area contributed by atoms with Gasteiger partial charge in [-0.05, 0) is 12.2 Å². The van der Waals surface area contributed by atoms with Gasteiger partial charge in [-0.3, -0.25) is 4.79 Å². The molecule has 0 fully saturated rings. The molecule has 0 aromatic carbocycles. The van der Waals surface area contributed by atoms with Crippen molar-refractivity contribution in [2.75, 3.05) is 5.75 Å². The number of aryl methyl sites for hydroxylation is 1. The number of fused-ring (bicyclic) bond motifs is 1. The van der Waals surface area contributed by atoms with E-state index in [1.165, 1.54) is 5.56 Å². The Kier molecular flexibility index (Phi) is 2.08. The van der Waals surface area contributed by atoms with Gasteiger partial charge in [-0.15, -0.1) is 0 Å². The highest BCUT2D eigenvalue weighted by atomic mass is 32.2. The van der Waals surface area contributed by atoms with Crippen LogP contribution in [0.2, 0.25) is 0 Å². The first-order chi connectivity index (χ1) is 5.90. The Morgan fingerprint density at radius 2 is 2.50 bits per heavy atom. The van der Waals surface area contributed by atoms with Crippen molar-refractivity contribution in [2.45, 2.75) is 12.2 Å². The lowest BCUT2D eigenvalue weighted by atomic mass is 10.2. The molecule has 1 aliphatic rings. The van der Waals surface area contributed by atoms with Gasteiger partial charge in [0.15, 0.2) is 12.1 Å². The van der Waals surface area contributed by atoms with Crippen molar-refractivity contribution in [3.8, 4) is 0 Å². The highest BCUT2D eigenvalue weighted by molar-refractivity contribution is 7.98. The van der Waals surface area contributed by atoms with Gasteiger partial charge in [0, 0.05) is 23.2 Å². The lowest BCUT2D eigenvalue weighted by Gasteiger charge is -2.12. The number of nitrogens with zero attached hydrogens (tertiary/aromatic N) is 2. The molecule has 62 valence electrons. The third-order valence-corrected chi connectivity index (χ3v) is 2.83. The quantitative estimate of drug-likeness (QED) is 0.606. The number of hydrogen-bond acceptors (Lipinski definition) is 4. The summed E-state index contributed by atoms with van der Waals surface area (Å²) in [6, 6.07) is 0. The van der Waals surface area contributed by atoms with E-state index in [0.29, 0.717) is 12.1 Å². The van der Waals surface area contributed by atoms with E-state index >= 15 is 0 Å². The molecular weight excluding hydrogens is 172 g/mol. The van der Waals surface area contributed by atoms with Crippen LogP contribution < -0.4 is 0 Å². The summed E-state index contributed by atoms with van der Waals surface area (Å²) in [4.78, 5) is 18.4. The number of aromatic nitrogens is 2. The number of carbonyl (C=O) groups is 1. The summed E-state index contributed by atoms with van der Waals surface area (Å²) in [5.41, 5.74) is 2.22. The molecular formula is C8H8N2OS. The van der Waals surface area contributed by atoms with Gasteiger partial charge in [-0.1, -0.05) is 0 Å². The maximum Gasteiger partial charge on any atom is 0.192 e. The lowest BCUT2D eigenvalue weighted by Crippen LogP contribution is -2.08. The summed E-state index contributed by atoms with van der Waals surface area (Å²) >= 11 is 1.88. The summed E-state index contributed by atoms with van der Waals surface area (Å²) in [7, 11) is 0. The maximum absolute atomic E-state index is 10.4. The lowest BCUT2D eigenvalue weighted by molar-refractivity contribution is 0.111. The Hall–Kier alpha value is -0.900. The van der Waals surface area contributed by atoms with E-state index in [-0.39, 0.29) is 0 Å². The Morgan fingerprint density at radius 3 is 3.33 bits per heavy atom. The van der Waals surface area contributed by atoms with Crippen LogP contribution >= 0.6 is 11.8 Å². The van der Waals surface area contributed by atoms with Crippen molar-refractivity contribution in [3.63, 3.8) is 0 Å². The maximum atomic E-state index is 10.4. The molecule has 2 heterocycles. The fourth-order valence-electron chi connectivity index (χ4n) is 1.20. The Morgan fingerprint density at radius 1 is 1.58 bits per heavy atom. The molecule has 0 saturated carbocycles. The monoisotopic (exact) mass is 180 g/mol. The molecule has 4 heteroatoms. The first-order valence-electron chi connectivity index (χ1n) is 3.78. The van der Waals surface area contributed by atoms with E-state index < -0.39 is 0 Å². The molecule has 0 aliphatic carbocycles. The molecule has 0 amide bonds. The smallest absolute Gasteiger partial charge is 0.192 e. The van der Waals surface area contributed by atoms with Crippen LogP contribution in [0.1, 0.15) is 21.9 Å². The molecule has 0 atom stereocenters. The van der Waals surface area contributed by atoms with E-state index in [9.17, 15) is 4.79 Å². The first kappa shape index (κ1) is 7.73. The molecule has 0 N–H and O–H groups in total. The van der Waals surface area contributed by atoms with Gasteiger partial charge in [-0.2, -0.15) is 11.8 Å². The van der Waals surface area contributed by atoms with Crippen LogP contribution in [0.25, 0.3) is 0 Å². The molecule has 3 nitrogen and oxygen atoms in total. The molecule has 0 spiro atoms. The molecule has 0 unspecified atom stereocenters. The van der Waals surface area contributed by atoms with Crippen molar-refractivity contribution in [2.24, 2.45) is 0 Å². The zero-order valence-electron chi connectivity index (χ0n) is 6.49. The number of carbonyl (C=O) groups excluding carboxylic acids is 1. The molecule has 1 aromatic rings. The fourth-order valence-corrected chi connectivity index (χ4v) is 2.15. The van der Waals surface area contributed by atoms with E-state index in [1.807, 2.05) is 11.8 Å². The average molecular weight is 180 g/mol. The number of hydrogen-bond donors (Lipinski definition) is 0. The van der Waals surface area contributed by atoms with Crippen molar-refractivity contribution in [1.29, 1.82) is 0 Å². The van der Waals surface area contributed by atoms with Crippen molar-refractivity contribution >= 4 is 18.0 Å². The minimum atomic E-state index is 0.306. The van der Waals surface area contributed by atoms with Gasteiger partial charge >= 0.3 is 0 Å². The highest BCUT2D eigenvalue weighted by Crippen LogP contribution is 2.21. The molecule has 0 bridgehead atoms. The standard InChI is InChI=1S/C8H8N2OS/c11-4-8-9-3-6-5-12-2-1-7(6)10-8/h3-4H,1-2,5H2. The highest BCUT2D eigenvalue weighted by Gasteiger charge is 2.11. The van der Waals surface area contributed by atoms with Gasteiger partial charge in [0.25, 0.3) is 0 Å². The van der Waals surface area contributed by atoms with Gasteiger partial charge in [0.1, 0.15) is 0 Å². The van der Waals surface area contributed by atoms with Crippen LogP contribution in [0, 0.1) is 0 Å². The van der Waals surface area contributed by atoms with E-state index in [4.69, 9.17) is 0 Å². The average Bonchev–Trinajstić information content (AvgIpc) is 2.17.